The molecule has 1 aromatic rings. The molecule has 2 heterocycles. The second kappa shape index (κ2) is 6.08. The van der Waals surface area contributed by atoms with Crippen molar-refractivity contribution in [1.29, 1.82) is 0 Å². The van der Waals surface area contributed by atoms with Gasteiger partial charge >= 0.3 is 0 Å². The highest BCUT2D eigenvalue weighted by atomic mass is 35.5. The van der Waals surface area contributed by atoms with Crippen molar-refractivity contribution < 1.29 is 4.79 Å². The molecule has 1 aliphatic heterocycles. The van der Waals surface area contributed by atoms with Gasteiger partial charge in [-0.15, -0.1) is 0 Å². The summed E-state index contributed by atoms with van der Waals surface area (Å²) < 4.78 is 0. The maximum atomic E-state index is 12.4. The molecule has 0 N–H and O–H groups in total. The second-order valence-corrected chi connectivity index (χ2v) is 6.90. The van der Waals surface area contributed by atoms with Gasteiger partial charge in [-0.1, -0.05) is 32.4 Å². The quantitative estimate of drug-likeness (QED) is 0.797. The largest absolute Gasteiger partial charge is 0.337 e. The second-order valence-electron chi connectivity index (χ2n) is 6.51. The fourth-order valence-electron chi connectivity index (χ4n) is 2.75. The Morgan fingerprint density at radius 3 is 2.60 bits per heavy atom. The topological polar surface area (TPSA) is 46.1 Å². The van der Waals surface area contributed by atoms with Gasteiger partial charge in [-0.25, -0.2) is 9.97 Å². The van der Waals surface area contributed by atoms with Crippen LogP contribution in [-0.2, 0) is 0 Å². The normalized spacial score (nSPS) is 20.6. The van der Waals surface area contributed by atoms with Crippen LogP contribution in [0, 0.1) is 11.3 Å². The summed E-state index contributed by atoms with van der Waals surface area (Å²) in [5.74, 6) is 0.625. The average Bonchev–Trinajstić information content (AvgIpc) is 2.64. The van der Waals surface area contributed by atoms with Gasteiger partial charge in [0.25, 0.3) is 5.91 Å². The molecule has 1 aromatic heterocycles. The number of carbonyl (C=O) groups excluding carboxylic acids is 1. The van der Waals surface area contributed by atoms with Crippen molar-refractivity contribution in [1.82, 2.24) is 14.9 Å². The summed E-state index contributed by atoms with van der Waals surface area (Å²) in [7, 11) is 0. The Morgan fingerprint density at radius 2 is 2.00 bits per heavy atom. The van der Waals surface area contributed by atoms with E-state index >= 15 is 0 Å². The summed E-state index contributed by atoms with van der Waals surface area (Å²) in [6, 6.07) is 0. The van der Waals surface area contributed by atoms with Gasteiger partial charge in [0.05, 0.1) is 12.4 Å². The molecule has 1 saturated heterocycles. The van der Waals surface area contributed by atoms with E-state index in [2.05, 4.69) is 30.7 Å². The summed E-state index contributed by atoms with van der Waals surface area (Å²) in [5, 5.41) is 0.310. The number of nitrogens with zero attached hydrogens (tertiary/aromatic N) is 3. The minimum atomic E-state index is -0.0382. The van der Waals surface area contributed by atoms with Crippen LogP contribution in [0.3, 0.4) is 0 Å². The van der Waals surface area contributed by atoms with E-state index in [-0.39, 0.29) is 5.91 Å². The SMILES string of the molecule is CC(C)(C)C1CCCN(C(=O)c2cnc(Cl)cn2)CC1. The minimum absolute atomic E-state index is 0.0382. The molecule has 0 aromatic carbocycles. The molecular weight excluding hydrogens is 274 g/mol. The lowest BCUT2D eigenvalue weighted by molar-refractivity contribution is 0.0749. The van der Waals surface area contributed by atoms with Crippen molar-refractivity contribution >= 4 is 17.5 Å². The molecule has 0 saturated carbocycles. The molecule has 0 spiro atoms. The van der Waals surface area contributed by atoms with Crippen LogP contribution in [0.4, 0.5) is 0 Å². The van der Waals surface area contributed by atoms with Crippen molar-refractivity contribution in [2.45, 2.75) is 40.0 Å². The summed E-state index contributed by atoms with van der Waals surface area (Å²) in [6.45, 7) is 8.43. The smallest absolute Gasteiger partial charge is 0.274 e. The zero-order valence-electron chi connectivity index (χ0n) is 12.4. The molecule has 110 valence electrons. The summed E-state index contributed by atoms with van der Waals surface area (Å²) in [4.78, 5) is 22.3. The molecule has 1 fully saturated rings. The maximum Gasteiger partial charge on any atom is 0.274 e. The number of aromatic nitrogens is 2. The standard InChI is InChI=1S/C15H22ClN3O/c1-15(2,3)11-5-4-7-19(8-6-11)14(20)12-9-18-13(16)10-17-12/h9-11H,4-8H2,1-3H3. The van der Waals surface area contributed by atoms with E-state index in [1.165, 1.54) is 18.8 Å². The van der Waals surface area contributed by atoms with E-state index in [4.69, 9.17) is 11.6 Å². The first-order valence-corrected chi connectivity index (χ1v) is 7.52. The molecular formula is C15H22ClN3O. The Kier molecular flexibility index (Phi) is 4.63. The van der Waals surface area contributed by atoms with Gasteiger partial charge < -0.3 is 4.90 Å². The van der Waals surface area contributed by atoms with Crippen LogP contribution in [0.15, 0.2) is 12.4 Å². The van der Waals surface area contributed by atoms with Crippen LogP contribution in [-0.4, -0.2) is 33.9 Å². The zero-order valence-corrected chi connectivity index (χ0v) is 13.2. The van der Waals surface area contributed by atoms with Crippen molar-refractivity contribution in [2.24, 2.45) is 11.3 Å². The summed E-state index contributed by atoms with van der Waals surface area (Å²) in [6.07, 6.45) is 6.16. The van der Waals surface area contributed by atoms with Gasteiger partial charge in [0.2, 0.25) is 0 Å². The van der Waals surface area contributed by atoms with Crippen LogP contribution < -0.4 is 0 Å². The Labute approximate surface area is 125 Å². The lowest BCUT2D eigenvalue weighted by atomic mass is 9.77. The highest BCUT2D eigenvalue weighted by Gasteiger charge is 2.29. The van der Waals surface area contributed by atoms with E-state index in [0.717, 1.165) is 25.9 Å². The molecule has 0 aliphatic carbocycles. The summed E-state index contributed by atoms with van der Waals surface area (Å²) in [5.41, 5.74) is 0.683. The van der Waals surface area contributed by atoms with E-state index in [9.17, 15) is 4.79 Å². The molecule has 1 amide bonds. The number of hydrogen-bond donors (Lipinski definition) is 0. The van der Waals surface area contributed by atoms with E-state index in [1.807, 2.05) is 4.90 Å². The number of amides is 1. The molecule has 0 radical (unpaired) electrons. The van der Waals surface area contributed by atoms with Crippen LogP contribution in [0.1, 0.15) is 50.5 Å². The predicted molar refractivity (Wildman–Crippen MR) is 79.7 cm³/mol. The van der Waals surface area contributed by atoms with Gasteiger partial charge in [-0.3, -0.25) is 4.79 Å². The van der Waals surface area contributed by atoms with Gasteiger partial charge in [-0.05, 0) is 30.6 Å². The van der Waals surface area contributed by atoms with Gasteiger partial charge in [0, 0.05) is 13.1 Å². The molecule has 20 heavy (non-hydrogen) atoms. The summed E-state index contributed by atoms with van der Waals surface area (Å²) >= 11 is 5.70. The number of likely N-dealkylation sites (tertiary alicyclic amines) is 1. The fraction of sp³-hybridized carbons (Fsp3) is 0.667. The van der Waals surface area contributed by atoms with Crippen LogP contribution >= 0.6 is 11.6 Å². The molecule has 4 nitrogen and oxygen atoms in total. The zero-order chi connectivity index (χ0) is 14.8. The van der Waals surface area contributed by atoms with Gasteiger partial charge in [-0.2, -0.15) is 0 Å². The third kappa shape index (κ3) is 3.69. The predicted octanol–water partition coefficient (Wildman–Crippen LogP) is 3.42. The van der Waals surface area contributed by atoms with Crippen molar-refractivity contribution in [3.05, 3.63) is 23.2 Å². The molecule has 5 heteroatoms. The van der Waals surface area contributed by atoms with Crippen molar-refractivity contribution in [2.75, 3.05) is 13.1 Å². The number of hydrogen-bond acceptors (Lipinski definition) is 3. The minimum Gasteiger partial charge on any atom is -0.337 e. The monoisotopic (exact) mass is 295 g/mol. The number of rotatable bonds is 1. The van der Waals surface area contributed by atoms with E-state index < -0.39 is 0 Å². The van der Waals surface area contributed by atoms with Crippen LogP contribution in [0.5, 0.6) is 0 Å². The van der Waals surface area contributed by atoms with Gasteiger partial charge in [0.1, 0.15) is 10.8 Å². The van der Waals surface area contributed by atoms with Crippen LogP contribution in [0.2, 0.25) is 5.15 Å². The van der Waals surface area contributed by atoms with Crippen molar-refractivity contribution in [3.8, 4) is 0 Å². The molecule has 2 rings (SSSR count). The molecule has 1 atom stereocenters. The van der Waals surface area contributed by atoms with Crippen LogP contribution in [0.25, 0.3) is 0 Å². The van der Waals surface area contributed by atoms with E-state index in [0.29, 0.717) is 22.2 Å². The number of carbonyl (C=O) groups is 1. The number of halogens is 1. The fourth-order valence-corrected chi connectivity index (χ4v) is 2.85. The Bertz CT molecular complexity index is 467. The first-order valence-electron chi connectivity index (χ1n) is 7.15. The lowest BCUT2D eigenvalue weighted by Gasteiger charge is -2.29. The first-order chi connectivity index (χ1) is 9.38. The van der Waals surface area contributed by atoms with E-state index in [1.54, 1.807) is 0 Å². The Hall–Kier alpha value is -1.16. The third-order valence-electron chi connectivity index (χ3n) is 4.08. The highest BCUT2D eigenvalue weighted by Crippen LogP contribution is 2.34. The highest BCUT2D eigenvalue weighted by molar-refractivity contribution is 6.29. The Morgan fingerprint density at radius 1 is 1.25 bits per heavy atom. The molecule has 1 unspecified atom stereocenters. The lowest BCUT2D eigenvalue weighted by Crippen LogP contribution is -2.33. The average molecular weight is 296 g/mol. The van der Waals surface area contributed by atoms with Gasteiger partial charge in [0.15, 0.2) is 0 Å². The molecule has 1 aliphatic rings. The first kappa shape index (κ1) is 15.2. The Balaban J connectivity index is 2.03. The molecule has 0 bridgehead atoms. The maximum absolute atomic E-state index is 12.4. The third-order valence-corrected chi connectivity index (χ3v) is 4.27. The van der Waals surface area contributed by atoms with Crippen molar-refractivity contribution in [3.63, 3.8) is 0 Å².